The Balaban J connectivity index is 1.77. The SMILES string of the molecule is OC1(CCSc2ccccc2)CCCCCCC1. The fraction of sp³-hybridized carbons (Fsp3) is 0.625. The minimum absolute atomic E-state index is 0.387. The Kier molecular flexibility index (Phi) is 5.58. The Hall–Kier alpha value is -0.470. The highest BCUT2D eigenvalue weighted by Crippen LogP contribution is 2.31. The molecule has 0 heterocycles. The molecular formula is C16H24OS. The smallest absolute Gasteiger partial charge is 0.0655 e. The molecule has 0 bridgehead atoms. The molecule has 1 aromatic rings. The van der Waals surface area contributed by atoms with Crippen molar-refractivity contribution in [2.24, 2.45) is 0 Å². The molecule has 0 atom stereocenters. The van der Waals surface area contributed by atoms with E-state index in [4.69, 9.17) is 0 Å². The largest absolute Gasteiger partial charge is 0.390 e. The third-order valence-corrected chi connectivity index (χ3v) is 4.88. The molecule has 1 saturated carbocycles. The van der Waals surface area contributed by atoms with E-state index in [1.165, 1.54) is 37.0 Å². The quantitative estimate of drug-likeness (QED) is 0.799. The molecule has 0 amide bonds. The number of benzene rings is 1. The van der Waals surface area contributed by atoms with Gasteiger partial charge in [-0.05, 0) is 31.4 Å². The second kappa shape index (κ2) is 7.20. The predicted octanol–water partition coefficient (Wildman–Crippen LogP) is 4.64. The van der Waals surface area contributed by atoms with Crippen molar-refractivity contribution < 1.29 is 5.11 Å². The van der Waals surface area contributed by atoms with Crippen LogP contribution in [0.1, 0.15) is 51.4 Å². The first-order chi connectivity index (χ1) is 8.79. The van der Waals surface area contributed by atoms with Crippen molar-refractivity contribution in [3.63, 3.8) is 0 Å². The zero-order chi connectivity index (χ0) is 12.7. The molecule has 1 nitrogen and oxygen atoms in total. The molecule has 1 fully saturated rings. The van der Waals surface area contributed by atoms with Crippen LogP contribution < -0.4 is 0 Å². The van der Waals surface area contributed by atoms with Gasteiger partial charge in [0.2, 0.25) is 0 Å². The van der Waals surface area contributed by atoms with Crippen molar-refractivity contribution in [1.82, 2.24) is 0 Å². The van der Waals surface area contributed by atoms with Gasteiger partial charge < -0.3 is 5.11 Å². The third kappa shape index (κ3) is 4.66. The first-order valence-electron chi connectivity index (χ1n) is 7.19. The van der Waals surface area contributed by atoms with Gasteiger partial charge in [-0.3, -0.25) is 0 Å². The molecule has 0 radical (unpaired) electrons. The maximum absolute atomic E-state index is 10.6. The van der Waals surface area contributed by atoms with Gasteiger partial charge in [0.15, 0.2) is 0 Å². The first-order valence-corrected chi connectivity index (χ1v) is 8.17. The molecule has 18 heavy (non-hydrogen) atoms. The van der Waals surface area contributed by atoms with Gasteiger partial charge in [0, 0.05) is 10.6 Å². The number of hydrogen-bond donors (Lipinski definition) is 1. The summed E-state index contributed by atoms with van der Waals surface area (Å²) in [5.41, 5.74) is -0.387. The maximum Gasteiger partial charge on any atom is 0.0655 e. The first kappa shape index (κ1) is 14.0. The van der Waals surface area contributed by atoms with Gasteiger partial charge in [0.05, 0.1) is 5.60 Å². The predicted molar refractivity (Wildman–Crippen MR) is 79.1 cm³/mol. The molecule has 1 aliphatic rings. The number of rotatable bonds is 4. The van der Waals surface area contributed by atoms with Crippen LogP contribution in [0, 0.1) is 0 Å². The van der Waals surface area contributed by atoms with E-state index in [2.05, 4.69) is 24.3 Å². The Morgan fingerprint density at radius 3 is 2.22 bits per heavy atom. The standard InChI is InChI=1S/C16H24OS/c17-16(11-7-2-1-3-8-12-16)13-14-18-15-9-5-4-6-10-15/h4-6,9-10,17H,1-3,7-8,11-14H2. The molecule has 1 N–H and O–H groups in total. The van der Waals surface area contributed by atoms with E-state index in [0.717, 1.165) is 25.0 Å². The minimum Gasteiger partial charge on any atom is -0.390 e. The van der Waals surface area contributed by atoms with Gasteiger partial charge in [-0.2, -0.15) is 0 Å². The van der Waals surface area contributed by atoms with Crippen molar-refractivity contribution in [1.29, 1.82) is 0 Å². The number of hydrogen-bond acceptors (Lipinski definition) is 2. The Labute approximate surface area is 115 Å². The van der Waals surface area contributed by atoms with Crippen molar-refractivity contribution in [3.05, 3.63) is 30.3 Å². The fourth-order valence-corrected chi connectivity index (χ4v) is 3.76. The highest BCUT2D eigenvalue weighted by molar-refractivity contribution is 7.99. The van der Waals surface area contributed by atoms with Crippen molar-refractivity contribution in [2.75, 3.05) is 5.75 Å². The van der Waals surface area contributed by atoms with Crippen LogP contribution in [0.2, 0.25) is 0 Å². The van der Waals surface area contributed by atoms with Crippen molar-refractivity contribution in [3.8, 4) is 0 Å². The second-order valence-corrected chi connectivity index (χ2v) is 6.57. The molecule has 0 spiro atoms. The van der Waals surface area contributed by atoms with Crippen LogP contribution in [0.5, 0.6) is 0 Å². The summed E-state index contributed by atoms with van der Waals surface area (Å²) < 4.78 is 0. The molecule has 2 heteroatoms. The van der Waals surface area contributed by atoms with E-state index in [1.54, 1.807) is 0 Å². The third-order valence-electron chi connectivity index (χ3n) is 3.86. The summed E-state index contributed by atoms with van der Waals surface area (Å²) in [4.78, 5) is 1.31. The van der Waals surface area contributed by atoms with Gasteiger partial charge in [-0.25, -0.2) is 0 Å². The van der Waals surface area contributed by atoms with E-state index in [0.29, 0.717) is 0 Å². The van der Waals surface area contributed by atoms with Crippen LogP contribution in [-0.2, 0) is 0 Å². The normalized spacial score (nSPS) is 20.1. The zero-order valence-electron chi connectivity index (χ0n) is 11.1. The van der Waals surface area contributed by atoms with Crippen LogP contribution in [0.3, 0.4) is 0 Å². The molecule has 0 aromatic heterocycles. The summed E-state index contributed by atoms with van der Waals surface area (Å²) in [6, 6.07) is 10.5. The van der Waals surface area contributed by atoms with E-state index in [1.807, 2.05) is 17.8 Å². The summed E-state index contributed by atoms with van der Waals surface area (Å²) in [5, 5.41) is 10.6. The summed E-state index contributed by atoms with van der Waals surface area (Å²) in [6.07, 6.45) is 9.30. The van der Waals surface area contributed by atoms with Crippen molar-refractivity contribution >= 4 is 11.8 Å². The topological polar surface area (TPSA) is 20.2 Å². The number of aliphatic hydroxyl groups is 1. The lowest BCUT2D eigenvalue weighted by molar-refractivity contribution is 0.0116. The lowest BCUT2D eigenvalue weighted by Gasteiger charge is -2.30. The molecule has 0 aliphatic heterocycles. The summed E-state index contributed by atoms with van der Waals surface area (Å²) in [6.45, 7) is 0. The van der Waals surface area contributed by atoms with Crippen molar-refractivity contribution in [2.45, 2.75) is 61.9 Å². The van der Waals surface area contributed by atoms with Gasteiger partial charge in [-0.1, -0.05) is 50.3 Å². The Morgan fingerprint density at radius 2 is 1.56 bits per heavy atom. The zero-order valence-corrected chi connectivity index (χ0v) is 11.9. The number of thioether (sulfide) groups is 1. The Bertz CT molecular complexity index is 328. The second-order valence-electron chi connectivity index (χ2n) is 5.40. The average Bonchev–Trinajstić information content (AvgIpc) is 2.36. The lowest BCUT2D eigenvalue weighted by Crippen LogP contribution is -2.30. The lowest BCUT2D eigenvalue weighted by atomic mass is 9.85. The molecule has 1 aromatic carbocycles. The summed E-state index contributed by atoms with van der Waals surface area (Å²) in [7, 11) is 0. The van der Waals surface area contributed by atoms with Crippen LogP contribution in [-0.4, -0.2) is 16.5 Å². The molecular weight excluding hydrogens is 240 g/mol. The molecule has 1 aliphatic carbocycles. The average molecular weight is 264 g/mol. The maximum atomic E-state index is 10.6. The summed E-state index contributed by atoms with van der Waals surface area (Å²) >= 11 is 1.86. The van der Waals surface area contributed by atoms with Crippen LogP contribution in [0.25, 0.3) is 0 Å². The molecule has 2 rings (SSSR count). The molecule has 0 saturated heterocycles. The van der Waals surface area contributed by atoms with E-state index in [-0.39, 0.29) is 5.60 Å². The van der Waals surface area contributed by atoms with Gasteiger partial charge in [0.25, 0.3) is 0 Å². The molecule has 0 unspecified atom stereocenters. The van der Waals surface area contributed by atoms with Gasteiger partial charge >= 0.3 is 0 Å². The van der Waals surface area contributed by atoms with E-state index < -0.39 is 0 Å². The van der Waals surface area contributed by atoms with E-state index in [9.17, 15) is 5.11 Å². The Morgan fingerprint density at radius 1 is 0.944 bits per heavy atom. The van der Waals surface area contributed by atoms with E-state index >= 15 is 0 Å². The van der Waals surface area contributed by atoms with Crippen LogP contribution in [0.4, 0.5) is 0 Å². The van der Waals surface area contributed by atoms with Gasteiger partial charge in [-0.15, -0.1) is 11.8 Å². The van der Waals surface area contributed by atoms with Crippen LogP contribution >= 0.6 is 11.8 Å². The highest BCUT2D eigenvalue weighted by atomic mass is 32.2. The molecule has 100 valence electrons. The van der Waals surface area contributed by atoms with Crippen LogP contribution in [0.15, 0.2) is 35.2 Å². The monoisotopic (exact) mass is 264 g/mol. The van der Waals surface area contributed by atoms with Gasteiger partial charge in [0.1, 0.15) is 0 Å². The minimum atomic E-state index is -0.387. The highest BCUT2D eigenvalue weighted by Gasteiger charge is 2.26. The fourth-order valence-electron chi connectivity index (χ4n) is 2.69. The summed E-state index contributed by atoms with van der Waals surface area (Å²) in [5.74, 6) is 1.03.